The molecule has 0 atom stereocenters. The Kier molecular flexibility index (Phi) is 3.80. The molecule has 0 fully saturated rings. The van der Waals surface area contributed by atoms with Crippen LogP contribution in [0.25, 0.3) is 0 Å². The molecular weight excluding hydrogens is 258 g/mol. The molecule has 7 nitrogen and oxygen atoms in total. The highest BCUT2D eigenvalue weighted by Gasteiger charge is 2.15. The second-order valence-corrected chi connectivity index (χ2v) is 5.33. The van der Waals surface area contributed by atoms with Gasteiger partial charge in [-0.25, -0.2) is 13.1 Å². The zero-order chi connectivity index (χ0) is 13.0. The van der Waals surface area contributed by atoms with Gasteiger partial charge in [-0.05, 0) is 19.2 Å². The van der Waals surface area contributed by atoms with Gasteiger partial charge in [0.25, 0.3) is 10.0 Å². The molecule has 0 aromatic carbocycles. The summed E-state index contributed by atoms with van der Waals surface area (Å²) in [7, 11) is -2.19. The highest BCUT2D eigenvalue weighted by atomic mass is 32.2. The molecule has 0 amide bonds. The molecule has 2 N–H and O–H groups in total. The summed E-state index contributed by atoms with van der Waals surface area (Å²) in [6.07, 6.45) is 1.56. The fourth-order valence-electron chi connectivity index (χ4n) is 1.34. The van der Waals surface area contributed by atoms with E-state index in [0.717, 1.165) is 0 Å². The Hall–Kier alpha value is -1.64. The van der Waals surface area contributed by atoms with E-state index in [1.165, 1.54) is 13.1 Å². The largest absolute Gasteiger partial charge is 0.447 e. The smallest absolute Gasteiger partial charge is 0.273 e. The minimum atomic E-state index is -3.52. The van der Waals surface area contributed by atoms with Crippen LogP contribution in [0, 0.1) is 0 Å². The zero-order valence-electron chi connectivity index (χ0n) is 9.71. The van der Waals surface area contributed by atoms with E-state index in [4.69, 9.17) is 8.94 Å². The Labute approximate surface area is 104 Å². The van der Waals surface area contributed by atoms with Crippen LogP contribution in [0.1, 0.15) is 11.5 Å². The molecule has 0 saturated heterocycles. The maximum atomic E-state index is 11.4. The van der Waals surface area contributed by atoms with Crippen LogP contribution in [-0.4, -0.2) is 20.6 Å². The number of rotatable bonds is 6. The average Bonchev–Trinajstić information content (AvgIpc) is 3.00. The molecule has 0 saturated carbocycles. The molecule has 18 heavy (non-hydrogen) atoms. The molecule has 2 heterocycles. The summed E-state index contributed by atoms with van der Waals surface area (Å²) in [6.45, 7) is 0.898. The lowest BCUT2D eigenvalue weighted by Gasteiger charge is -1.99. The van der Waals surface area contributed by atoms with Crippen molar-refractivity contribution in [1.82, 2.24) is 15.2 Å². The summed E-state index contributed by atoms with van der Waals surface area (Å²) in [5.74, 6) is 1.23. The minimum Gasteiger partial charge on any atom is -0.447 e. The standard InChI is InChI=1S/C10H13N3O4S/c1-11-18(14,15)10-3-2-8(16-10)6-12-7-9-4-5-13-17-9/h2-5,11-12H,6-7H2,1H3. The second-order valence-electron chi connectivity index (χ2n) is 3.51. The van der Waals surface area contributed by atoms with Crippen molar-refractivity contribution in [3.05, 3.63) is 35.9 Å². The van der Waals surface area contributed by atoms with Gasteiger partial charge in [0.05, 0.1) is 19.3 Å². The number of hydrogen-bond acceptors (Lipinski definition) is 6. The number of furan rings is 1. The van der Waals surface area contributed by atoms with Gasteiger partial charge < -0.3 is 14.3 Å². The van der Waals surface area contributed by atoms with Gasteiger partial charge in [0.2, 0.25) is 5.09 Å². The summed E-state index contributed by atoms with van der Waals surface area (Å²) in [4.78, 5) is 0. The lowest BCUT2D eigenvalue weighted by atomic mass is 10.4. The van der Waals surface area contributed by atoms with Crippen molar-refractivity contribution in [1.29, 1.82) is 0 Å². The van der Waals surface area contributed by atoms with E-state index in [1.807, 2.05) is 0 Å². The quantitative estimate of drug-likeness (QED) is 0.792. The molecular formula is C10H13N3O4S. The first-order chi connectivity index (χ1) is 8.62. The molecule has 0 radical (unpaired) electrons. The highest BCUT2D eigenvalue weighted by molar-refractivity contribution is 7.89. The van der Waals surface area contributed by atoms with Crippen molar-refractivity contribution in [2.75, 3.05) is 7.05 Å². The molecule has 8 heteroatoms. The minimum absolute atomic E-state index is 0.0959. The van der Waals surface area contributed by atoms with Gasteiger partial charge in [-0.1, -0.05) is 5.16 Å². The van der Waals surface area contributed by atoms with Gasteiger partial charge in [-0.2, -0.15) is 0 Å². The van der Waals surface area contributed by atoms with Gasteiger partial charge in [0, 0.05) is 6.07 Å². The normalized spacial score (nSPS) is 11.8. The van der Waals surface area contributed by atoms with Crippen molar-refractivity contribution in [3.63, 3.8) is 0 Å². The topological polar surface area (TPSA) is 97.4 Å². The third kappa shape index (κ3) is 2.97. The Morgan fingerprint density at radius 2 is 2.00 bits per heavy atom. The van der Waals surface area contributed by atoms with Crippen LogP contribution in [0.4, 0.5) is 0 Å². The molecule has 2 aromatic rings. The van der Waals surface area contributed by atoms with E-state index >= 15 is 0 Å². The second kappa shape index (κ2) is 5.34. The first-order valence-corrected chi connectivity index (χ1v) is 6.72. The SMILES string of the molecule is CNS(=O)(=O)c1ccc(CNCc2ccno2)o1. The molecule has 0 spiro atoms. The van der Waals surface area contributed by atoms with Crippen molar-refractivity contribution >= 4 is 10.0 Å². The highest BCUT2D eigenvalue weighted by Crippen LogP contribution is 2.13. The van der Waals surface area contributed by atoms with Crippen molar-refractivity contribution in [2.45, 2.75) is 18.2 Å². The van der Waals surface area contributed by atoms with Gasteiger partial charge in [-0.15, -0.1) is 0 Å². The third-order valence-corrected chi connectivity index (χ3v) is 3.55. The predicted octanol–water partition coefficient (Wildman–Crippen LogP) is 0.465. The molecule has 2 aromatic heterocycles. The van der Waals surface area contributed by atoms with Crippen molar-refractivity contribution in [3.8, 4) is 0 Å². The van der Waals surface area contributed by atoms with E-state index in [1.54, 1.807) is 18.3 Å². The molecule has 0 bridgehead atoms. The van der Waals surface area contributed by atoms with E-state index in [0.29, 0.717) is 24.6 Å². The molecule has 0 aliphatic rings. The van der Waals surface area contributed by atoms with Crippen LogP contribution in [-0.2, 0) is 23.1 Å². The van der Waals surface area contributed by atoms with E-state index in [9.17, 15) is 8.42 Å². The van der Waals surface area contributed by atoms with Crippen LogP contribution in [0.15, 0.2) is 38.4 Å². The Morgan fingerprint density at radius 3 is 2.67 bits per heavy atom. The number of hydrogen-bond donors (Lipinski definition) is 2. The number of nitrogens with zero attached hydrogens (tertiary/aromatic N) is 1. The van der Waals surface area contributed by atoms with Gasteiger partial charge in [0.15, 0.2) is 0 Å². The van der Waals surface area contributed by atoms with E-state index in [2.05, 4.69) is 15.2 Å². The zero-order valence-corrected chi connectivity index (χ0v) is 10.5. The van der Waals surface area contributed by atoms with Crippen LogP contribution in [0.2, 0.25) is 0 Å². The fraction of sp³-hybridized carbons (Fsp3) is 0.300. The van der Waals surface area contributed by atoms with Gasteiger partial charge in [0.1, 0.15) is 11.5 Å². The third-order valence-electron chi connectivity index (χ3n) is 2.26. The first-order valence-electron chi connectivity index (χ1n) is 5.24. The summed E-state index contributed by atoms with van der Waals surface area (Å²) in [5.41, 5.74) is 0. The predicted molar refractivity (Wildman–Crippen MR) is 62.0 cm³/mol. The first kappa shape index (κ1) is 12.8. The number of nitrogens with one attached hydrogen (secondary N) is 2. The summed E-state index contributed by atoms with van der Waals surface area (Å²) in [6, 6.07) is 4.76. The Morgan fingerprint density at radius 1 is 1.22 bits per heavy atom. The molecule has 2 rings (SSSR count). The summed E-state index contributed by atoms with van der Waals surface area (Å²) >= 11 is 0. The van der Waals surface area contributed by atoms with Crippen molar-refractivity contribution < 1.29 is 17.4 Å². The number of aromatic nitrogens is 1. The van der Waals surface area contributed by atoms with Crippen LogP contribution in [0.5, 0.6) is 0 Å². The van der Waals surface area contributed by atoms with Gasteiger partial charge >= 0.3 is 0 Å². The monoisotopic (exact) mass is 271 g/mol. The average molecular weight is 271 g/mol. The van der Waals surface area contributed by atoms with Crippen LogP contribution < -0.4 is 10.0 Å². The van der Waals surface area contributed by atoms with Crippen molar-refractivity contribution in [2.24, 2.45) is 0 Å². The fourth-order valence-corrected chi connectivity index (χ4v) is 2.01. The Balaban J connectivity index is 1.91. The lowest BCUT2D eigenvalue weighted by Crippen LogP contribution is -2.17. The maximum Gasteiger partial charge on any atom is 0.273 e. The molecule has 0 aliphatic heterocycles. The van der Waals surface area contributed by atoms with Crippen LogP contribution >= 0.6 is 0 Å². The number of sulfonamides is 1. The Bertz CT molecular complexity index is 588. The van der Waals surface area contributed by atoms with E-state index < -0.39 is 10.0 Å². The molecule has 0 aliphatic carbocycles. The molecule has 98 valence electrons. The lowest BCUT2D eigenvalue weighted by molar-refractivity contribution is 0.362. The summed E-state index contributed by atoms with van der Waals surface area (Å²) in [5, 5.41) is 6.52. The van der Waals surface area contributed by atoms with E-state index in [-0.39, 0.29) is 5.09 Å². The maximum absolute atomic E-state index is 11.4. The van der Waals surface area contributed by atoms with Crippen LogP contribution in [0.3, 0.4) is 0 Å². The molecule has 0 unspecified atom stereocenters. The summed E-state index contributed by atoms with van der Waals surface area (Å²) < 4.78 is 35.1. The van der Waals surface area contributed by atoms with Gasteiger partial charge in [-0.3, -0.25) is 0 Å².